The summed E-state index contributed by atoms with van der Waals surface area (Å²) in [5.74, 6) is -0.861. The van der Waals surface area contributed by atoms with Crippen LogP contribution < -0.4 is 0 Å². The number of ether oxygens (including phenoxy) is 3. The number of hydrogen-bond acceptors (Lipinski definition) is 6. The largest absolute Gasteiger partial charge is 0.462 e. The van der Waals surface area contributed by atoms with Crippen LogP contribution in [0.4, 0.5) is 0 Å². The summed E-state index contributed by atoms with van der Waals surface area (Å²) in [6.07, 6.45) is 74.3. The smallest absolute Gasteiger partial charge is 0.306 e. The van der Waals surface area contributed by atoms with E-state index in [0.29, 0.717) is 19.3 Å². The Kier molecular flexibility index (Phi) is 59.2. The monoisotopic (exact) mass is 1010 g/mol. The molecule has 1 atom stereocenters. The van der Waals surface area contributed by atoms with Crippen molar-refractivity contribution in [2.24, 2.45) is 0 Å². The van der Waals surface area contributed by atoms with E-state index in [1.807, 2.05) is 0 Å². The first-order valence-electron chi connectivity index (χ1n) is 32.0. The molecular formula is C66H122O6. The van der Waals surface area contributed by atoms with Crippen LogP contribution in [0.5, 0.6) is 0 Å². The lowest BCUT2D eigenvalue weighted by Gasteiger charge is -2.18. The number of hydrogen-bond donors (Lipinski definition) is 0. The van der Waals surface area contributed by atoms with Crippen molar-refractivity contribution in [2.45, 2.75) is 354 Å². The molecule has 0 radical (unpaired) electrons. The van der Waals surface area contributed by atoms with Crippen molar-refractivity contribution in [1.82, 2.24) is 0 Å². The first-order chi connectivity index (χ1) is 35.5. The third kappa shape index (κ3) is 58.5. The van der Waals surface area contributed by atoms with Crippen molar-refractivity contribution in [3.05, 3.63) is 36.5 Å². The summed E-state index contributed by atoms with van der Waals surface area (Å²) in [6.45, 7) is 6.66. The second-order valence-electron chi connectivity index (χ2n) is 21.7. The van der Waals surface area contributed by atoms with E-state index < -0.39 is 6.10 Å². The van der Waals surface area contributed by atoms with E-state index in [2.05, 4.69) is 57.2 Å². The number of carbonyl (C=O) groups is 3. The van der Waals surface area contributed by atoms with E-state index in [4.69, 9.17) is 14.2 Å². The fraction of sp³-hybridized carbons (Fsp3) is 0.864. The van der Waals surface area contributed by atoms with Gasteiger partial charge in [-0.1, -0.05) is 288 Å². The average molecular weight is 1010 g/mol. The Hall–Kier alpha value is -2.37. The lowest BCUT2D eigenvalue weighted by molar-refractivity contribution is -0.167. The van der Waals surface area contributed by atoms with E-state index in [9.17, 15) is 14.4 Å². The van der Waals surface area contributed by atoms with E-state index >= 15 is 0 Å². The summed E-state index contributed by atoms with van der Waals surface area (Å²) in [7, 11) is 0. The fourth-order valence-electron chi connectivity index (χ4n) is 9.53. The van der Waals surface area contributed by atoms with Crippen LogP contribution in [0, 0.1) is 0 Å². The second-order valence-corrected chi connectivity index (χ2v) is 21.7. The van der Waals surface area contributed by atoms with E-state index in [1.54, 1.807) is 0 Å². The van der Waals surface area contributed by atoms with Crippen LogP contribution >= 0.6 is 0 Å². The highest BCUT2D eigenvalue weighted by Gasteiger charge is 2.19. The molecule has 0 aliphatic rings. The molecule has 72 heavy (non-hydrogen) atoms. The molecule has 0 amide bonds. The molecule has 1 unspecified atom stereocenters. The summed E-state index contributed by atoms with van der Waals surface area (Å²) in [5.41, 5.74) is 0. The molecule has 0 fully saturated rings. The molecule has 0 spiro atoms. The summed E-state index contributed by atoms with van der Waals surface area (Å²) in [5, 5.41) is 0. The van der Waals surface area contributed by atoms with E-state index in [0.717, 1.165) is 70.6 Å². The summed E-state index contributed by atoms with van der Waals surface area (Å²) in [4.78, 5) is 38.3. The Labute approximate surface area is 448 Å². The van der Waals surface area contributed by atoms with Crippen LogP contribution in [0.1, 0.15) is 348 Å². The zero-order valence-electron chi connectivity index (χ0n) is 48.5. The minimum absolute atomic E-state index is 0.0729. The normalized spacial score (nSPS) is 12.2. The molecule has 0 aliphatic heterocycles. The molecule has 6 nitrogen and oxygen atoms in total. The maximum absolute atomic E-state index is 12.9. The molecule has 0 heterocycles. The molecular weight excluding hydrogens is 889 g/mol. The van der Waals surface area contributed by atoms with Crippen molar-refractivity contribution in [3.63, 3.8) is 0 Å². The fourth-order valence-corrected chi connectivity index (χ4v) is 9.53. The van der Waals surface area contributed by atoms with Crippen LogP contribution in [0.15, 0.2) is 36.5 Å². The van der Waals surface area contributed by atoms with Crippen LogP contribution in [-0.4, -0.2) is 37.2 Å². The second kappa shape index (κ2) is 61.2. The van der Waals surface area contributed by atoms with Crippen molar-refractivity contribution >= 4 is 17.9 Å². The van der Waals surface area contributed by atoms with Gasteiger partial charge >= 0.3 is 17.9 Å². The van der Waals surface area contributed by atoms with Crippen molar-refractivity contribution in [2.75, 3.05) is 13.2 Å². The minimum Gasteiger partial charge on any atom is -0.462 e. The highest BCUT2D eigenvalue weighted by molar-refractivity contribution is 5.71. The predicted molar refractivity (Wildman–Crippen MR) is 312 cm³/mol. The lowest BCUT2D eigenvalue weighted by atomic mass is 10.0. The highest BCUT2D eigenvalue weighted by Crippen LogP contribution is 2.17. The Morgan fingerprint density at radius 2 is 0.500 bits per heavy atom. The number of rotatable bonds is 59. The minimum atomic E-state index is -0.775. The van der Waals surface area contributed by atoms with Gasteiger partial charge in [0.1, 0.15) is 13.2 Å². The van der Waals surface area contributed by atoms with Crippen LogP contribution in [0.2, 0.25) is 0 Å². The van der Waals surface area contributed by atoms with Gasteiger partial charge in [0.15, 0.2) is 6.10 Å². The lowest BCUT2D eigenvalue weighted by Crippen LogP contribution is -2.30. The van der Waals surface area contributed by atoms with Gasteiger partial charge in [0, 0.05) is 19.3 Å². The predicted octanol–water partition coefficient (Wildman–Crippen LogP) is 21.6. The Balaban J connectivity index is 4.34. The highest BCUT2D eigenvalue weighted by atomic mass is 16.6. The molecule has 0 rings (SSSR count). The molecule has 0 aromatic rings. The molecule has 0 saturated heterocycles. The Morgan fingerprint density at radius 1 is 0.278 bits per heavy atom. The zero-order chi connectivity index (χ0) is 52.2. The SMILES string of the molecule is CCCCC/C=C\C/C=C\CCCCCCCCCCCC(=O)OCC(COC(=O)CCCCCCC/C=C\CCCCCCCCC)OC(=O)CCCCCCCCCCCCCCCCCCCCC. The van der Waals surface area contributed by atoms with Gasteiger partial charge in [-0.2, -0.15) is 0 Å². The van der Waals surface area contributed by atoms with E-state index in [1.165, 1.54) is 238 Å². The third-order valence-electron chi connectivity index (χ3n) is 14.4. The Bertz CT molecular complexity index is 1210. The van der Waals surface area contributed by atoms with Crippen molar-refractivity contribution < 1.29 is 28.6 Å². The van der Waals surface area contributed by atoms with Gasteiger partial charge in [0.05, 0.1) is 0 Å². The number of esters is 3. The van der Waals surface area contributed by atoms with E-state index in [-0.39, 0.29) is 31.1 Å². The molecule has 0 aromatic carbocycles. The number of allylic oxidation sites excluding steroid dienone is 6. The van der Waals surface area contributed by atoms with Crippen molar-refractivity contribution in [3.8, 4) is 0 Å². The first-order valence-corrected chi connectivity index (χ1v) is 32.0. The molecule has 422 valence electrons. The molecule has 0 aliphatic carbocycles. The summed E-state index contributed by atoms with van der Waals surface area (Å²) in [6, 6.07) is 0. The van der Waals surface area contributed by atoms with Gasteiger partial charge in [-0.3, -0.25) is 14.4 Å². The van der Waals surface area contributed by atoms with Crippen molar-refractivity contribution in [1.29, 1.82) is 0 Å². The third-order valence-corrected chi connectivity index (χ3v) is 14.4. The number of unbranched alkanes of at least 4 members (excludes halogenated alkanes) is 42. The van der Waals surface area contributed by atoms with Gasteiger partial charge in [0.2, 0.25) is 0 Å². The molecule has 0 saturated carbocycles. The molecule has 6 heteroatoms. The van der Waals surface area contributed by atoms with Crippen LogP contribution in [0.3, 0.4) is 0 Å². The van der Waals surface area contributed by atoms with Gasteiger partial charge in [0.25, 0.3) is 0 Å². The quantitative estimate of drug-likeness (QED) is 0.0261. The topological polar surface area (TPSA) is 78.9 Å². The summed E-state index contributed by atoms with van der Waals surface area (Å²) < 4.78 is 16.9. The number of carbonyl (C=O) groups excluding carboxylic acids is 3. The van der Waals surface area contributed by atoms with Crippen LogP contribution in [-0.2, 0) is 28.6 Å². The zero-order valence-corrected chi connectivity index (χ0v) is 48.5. The van der Waals surface area contributed by atoms with Crippen LogP contribution in [0.25, 0.3) is 0 Å². The molecule has 0 N–H and O–H groups in total. The Morgan fingerprint density at radius 3 is 0.806 bits per heavy atom. The standard InChI is InChI=1S/C66H122O6/c1-4-7-10-13-16-19-22-25-28-31-33-35-38-41-44-47-50-53-56-59-65(68)71-62-63(61-70-64(67)58-55-52-49-46-43-40-37-30-27-24-21-18-15-12-9-6-3)72-66(69)60-57-54-51-48-45-42-39-36-34-32-29-26-23-20-17-14-11-8-5-2/h16,19,25,28,30,37,63H,4-15,17-18,20-24,26-27,29,31-36,38-62H2,1-3H3/b19-16-,28-25-,37-30-. The molecule has 0 aromatic heterocycles. The van der Waals surface area contributed by atoms with Gasteiger partial charge in [-0.15, -0.1) is 0 Å². The van der Waals surface area contributed by atoms with Gasteiger partial charge in [-0.25, -0.2) is 0 Å². The molecule has 0 bridgehead atoms. The first kappa shape index (κ1) is 69.6. The average Bonchev–Trinajstić information content (AvgIpc) is 3.38. The van der Waals surface area contributed by atoms with Gasteiger partial charge in [-0.05, 0) is 77.0 Å². The summed E-state index contributed by atoms with van der Waals surface area (Å²) >= 11 is 0. The maximum Gasteiger partial charge on any atom is 0.306 e. The maximum atomic E-state index is 12.9. The van der Waals surface area contributed by atoms with Gasteiger partial charge < -0.3 is 14.2 Å².